The number of rotatable bonds is 4. The van der Waals surface area contributed by atoms with Gasteiger partial charge < -0.3 is 9.72 Å². The van der Waals surface area contributed by atoms with Crippen LogP contribution in [0, 0.1) is 5.82 Å². The molecule has 0 fully saturated rings. The maximum atomic E-state index is 13.4. The summed E-state index contributed by atoms with van der Waals surface area (Å²) in [6.45, 7) is 0. The quantitative estimate of drug-likeness (QED) is 0.664. The summed E-state index contributed by atoms with van der Waals surface area (Å²) in [6.07, 6.45) is 2.98. The molecule has 0 atom stereocenters. The maximum Gasteiger partial charge on any atom is 0.287 e. The van der Waals surface area contributed by atoms with Crippen molar-refractivity contribution in [3.05, 3.63) is 52.0 Å². The molecule has 20 heavy (non-hydrogen) atoms. The number of hydrazone groups is 1. The van der Waals surface area contributed by atoms with Crippen molar-refractivity contribution in [2.75, 3.05) is 7.11 Å². The molecular formula is C13H11BrFN3O2. The number of halogens is 2. The average Bonchev–Trinajstić information content (AvgIpc) is 2.85. The number of H-pyrrole nitrogens is 1. The first kappa shape index (κ1) is 14.3. The number of hydrogen-bond acceptors (Lipinski definition) is 3. The van der Waals surface area contributed by atoms with Crippen LogP contribution in [0.25, 0.3) is 0 Å². The number of aromatic amines is 1. The van der Waals surface area contributed by atoms with Gasteiger partial charge in [0.1, 0.15) is 5.69 Å². The van der Waals surface area contributed by atoms with Gasteiger partial charge in [-0.1, -0.05) is 0 Å². The van der Waals surface area contributed by atoms with Crippen LogP contribution in [0.5, 0.6) is 5.75 Å². The minimum Gasteiger partial charge on any atom is -0.494 e. The van der Waals surface area contributed by atoms with Crippen molar-refractivity contribution in [3.8, 4) is 5.75 Å². The predicted molar refractivity (Wildman–Crippen MR) is 76.5 cm³/mol. The number of carbonyl (C=O) groups excluding carboxylic acids is 1. The summed E-state index contributed by atoms with van der Waals surface area (Å²) >= 11 is 3.22. The highest BCUT2D eigenvalue weighted by molar-refractivity contribution is 9.10. The summed E-state index contributed by atoms with van der Waals surface area (Å²) in [5, 5.41) is 3.76. The first-order chi connectivity index (χ1) is 9.60. The lowest BCUT2D eigenvalue weighted by molar-refractivity contribution is 0.0951. The van der Waals surface area contributed by atoms with Gasteiger partial charge in [-0.05, 0) is 45.8 Å². The largest absolute Gasteiger partial charge is 0.494 e. The molecule has 7 heteroatoms. The SMILES string of the molecule is COc1ccc(/C=N\NC(=O)c2cc(Br)c[nH]2)cc1F. The Morgan fingerprint density at radius 3 is 2.90 bits per heavy atom. The highest BCUT2D eigenvalue weighted by atomic mass is 79.9. The first-order valence-corrected chi connectivity index (χ1v) is 6.40. The second-order valence-corrected chi connectivity index (χ2v) is 4.74. The lowest BCUT2D eigenvalue weighted by Gasteiger charge is -2.01. The summed E-state index contributed by atoms with van der Waals surface area (Å²) in [4.78, 5) is 14.4. The van der Waals surface area contributed by atoms with Crippen molar-refractivity contribution in [2.45, 2.75) is 0 Å². The molecule has 0 saturated heterocycles. The summed E-state index contributed by atoms with van der Waals surface area (Å²) < 4.78 is 19.0. The van der Waals surface area contributed by atoms with Gasteiger partial charge in [0, 0.05) is 10.7 Å². The van der Waals surface area contributed by atoms with Crippen molar-refractivity contribution < 1.29 is 13.9 Å². The van der Waals surface area contributed by atoms with Crippen LogP contribution >= 0.6 is 15.9 Å². The van der Waals surface area contributed by atoms with E-state index in [1.165, 1.54) is 25.5 Å². The number of hydrogen-bond donors (Lipinski definition) is 2. The predicted octanol–water partition coefficient (Wildman–Crippen LogP) is 2.69. The van der Waals surface area contributed by atoms with E-state index in [1.54, 1.807) is 18.3 Å². The molecular weight excluding hydrogens is 329 g/mol. The smallest absolute Gasteiger partial charge is 0.287 e. The van der Waals surface area contributed by atoms with Crippen molar-refractivity contribution >= 4 is 28.1 Å². The summed E-state index contributed by atoms with van der Waals surface area (Å²) in [6, 6.07) is 6.00. The molecule has 0 spiro atoms. The third-order valence-electron chi connectivity index (χ3n) is 2.45. The van der Waals surface area contributed by atoms with E-state index in [0.717, 1.165) is 4.47 Å². The maximum absolute atomic E-state index is 13.4. The molecule has 2 rings (SSSR count). The number of methoxy groups -OCH3 is 1. The van der Waals surface area contributed by atoms with Crippen LogP contribution in [0.1, 0.15) is 16.1 Å². The molecule has 0 aliphatic carbocycles. The molecule has 5 nitrogen and oxygen atoms in total. The topological polar surface area (TPSA) is 66.5 Å². The van der Waals surface area contributed by atoms with Crippen LogP contribution < -0.4 is 10.2 Å². The molecule has 104 valence electrons. The Morgan fingerprint density at radius 2 is 2.30 bits per heavy atom. The van der Waals surface area contributed by atoms with E-state index in [-0.39, 0.29) is 11.7 Å². The monoisotopic (exact) mass is 339 g/mol. The molecule has 2 N–H and O–H groups in total. The zero-order chi connectivity index (χ0) is 14.5. The number of nitrogens with zero attached hydrogens (tertiary/aromatic N) is 1. The zero-order valence-corrected chi connectivity index (χ0v) is 12.1. The number of ether oxygens (including phenoxy) is 1. The molecule has 1 heterocycles. The van der Waals surface area contributed by atoms with Crippen LogP contribution in [0.4, 0.5) is 4.39 Å². The standard InChI is InChI=1S/C13H11BrFN3O2/c1-20-12-3-2-8(4-10(12)15)6-17-18-13(19)11-5-9(14)7-16-11/h2-7,16H,1H3,(H,18,19)/b17-6-. The molecule has 2 aromatic rings. The van der Waals surface area contributed by atoms with Crippen LogP contribution in [0.2, 0.25) is 0 Å². The van der Waals surface area contributed by atoms with Gasteiger partial charge in [-0.3, -0.25) is 4.79 Å². The van der Waals surface area contributed by atoms with E-state index in [0.29, 0.717) is 11.3 Å². The molecule has 1 amide bonds. The van der Waals surface area contributed by atoms with E-state index in [4.69, 9.17) is 4.74 Å². The van der Waals surface area contributed by atoms with Crippen molar-refractivity contribution in [1.29, 1.82) is 0 Å². The number of amides is 1. The fraction of sp³-hybridized carbons (Fsp3) is 0.0769. The van der Waals surface area contributed by atoms with Crippen molar-refractivity contribution in [2.24, 2.45) is 5.10 Å². The second-order valence-electron chi connectivity index (χ2n) is 3.82. The molecule has 0 bridgehead atoms. The average molecular weight is 340 g/mol. The highest BCUT2D eigenvalue weighted by Crippen LogP contribution is 2.16. The Balaban J connectivity index is 2.00. The molecule has 0 unspecified atom stereocenters. The first-order valence-electron chi connectivity index (χ1n) is 5.61. The fourth-order valence-electron chi connectivity index (χ4n) is 1.49. The van der Waals surface area contributed by atoms with Gasteiger partial charge in [-0.15, -0.1) is 0 Å². The second kappa shape index (κ2) is 6.33. The molecule has 0 saturated carbocycles. The van der Waals surface area contributed by atoms with Gasteiger partial charge in [-0.2, -0.15) is 5.10 Å². The molecule has 0 aliphatic heterocycles. The Bertz CT molecular complexity index is 655. The van der Waals surface area contributed by atoms with Crippen LogP contribution in [0.3, 0.4) is 0 Å². The van der Waals surface area contributed by atoms with Gasteiger partial charge >= 0.3 is 0 Å². The van der Waals surface area contributed by atoms with E-state index in [1.807, 2.05) is 0 Å². The minimum atomic E-state index is -0.490. The van der Waals surface area contributed by atoms with E-state index in [2.05, 4.69) is 31.4 Å². The molecule has 0 aliphatic rings. The van der Waals surface area contributed by atoms with Crippen molar-refractivity contribution in [1.82, 2.24) is 10.4 Å². The van der Waals surface area contributed by atoms with Gasteiger partial charge in [0.25, 0.3) is 5.91 Å². The Labute approximate surface area is 123 Å². The van der Waals surface area contributed by atoms with Gasteiger partial charge in [0.15, 0.2) is 11.6 Å². The lowest BCUT2D eigenvalue weighted by atomic mass is 10.2. The Kier molecular flexibility index (Phi) is 4.52. The van der Waals surface area contributed by atoms with Gasteiger partial charge in [-0.25, -0.2) is 9.82 Å². The number of carbonyl (C=O) groups is 1. The molecule has 1 aromatic carbocycles. The third kappa shape index (κ3) is 3.45. The van der Waals surface area contributed by atoms with Crippen LogP contribution in [-0.2, 0) is 0 Å². The summed E-state index contributed by atoms with van der Waals surface area (Å²) in [5.74, 6) is -0.723. The van der Waals surface area contributed by atoms with E-state index < -0.39 is 5.82 Å². The van der Waals surface area contributed by atoms with E-state index >= 15 is 0 Å². The molecule has 0 radical (unpaired) electrons. The summed E-state index contributed by atoms with van der Waals surface area (Å²) in [7, 11) is 1.39. The van der Waals surface area contributed by atoms with Crippen LogP contribution in [0.15, 0.2) is 40.0 Å². The highest BCUT2D eigenvalue weighted by Gasteiger charge is 2.06. The van der Waals surface area contributed by atoms with Crippen LogP contribution in [-0.4, -0.2) is 24.2 Å². The number of nitrogens with one attached hydrogen (secondary N) is 2. The minimum absolute atomic E-state index is 0.155. The number of benzene rings is 1. The van der Waals surface area contributed by atoms with Crippen molar-refractivity contribution in [3.63, 3.8) is 0 Å². The normalized spacial score (nSPS) is 10.8. The van der Waals surface area contributed by atoms with Gasteiger partial charge in [0.05, 0.1) is 13.3 Å². The van der Waals surface area contributed by atoms with Gasteiger partial charge in [0.2, 0.25) is 0 Å². The molecule has 1 aromatic heterocycles. The Hall–Kier alpha value is -2.15. The lowest BCUT2D eigenvalue weighted by Crippen LogP contribution is -2.17. The van der Waals surface area contributed by atoms with E-state index in [9.17, 15) is 9.18 Å². The summed E-state index contributed by atoms with van der Waals surface area (Å²) in [5.41, 5.74) is 3.21. The zero-order valence-electron chi connectivity index (χ0n) is 10.5. The number of aromatic nitrogens is 1. The third-order valence-corrected chi connectivity index (χ3v) is 2.91. The fourth-order valence-corrected chi connectivity index (χ4v) is 1.83. The Morgan fingerprint density at radius 1 is 1.50 bits per heavy atom.